The number of hydrogen-bond acceptors (Lipinski definition) is 4. The molecule has 0 saturated carbocycles. The SMILES string of the molecule is Cc1cc(C(=O)N(CCO)CC(F)(F)F)on1. The van der Waals surface area contributed by atoms with E-state index < -0.39 is 31.8 Å². The number of nitrogens with zero attached hydrogens (tertiary/aromatic N) is 2. The molecule has 0 aromatic carbocycles. The predicted molar refractivity (Wildman–Crippen MR) is 50.3 cm³/mol. The van der Waals surface area contributed by atoms with Gasteiger partial charge in [-0.1, -0.05) is 5.16 Å². The zero-order valence-electron chi connectivity index (χ0n) is 8.99. The minimum absolute atomic E-state index is 0.278. The fourth-order valence-electron chi connectivity index (χ4n) is 1.21. The highest BCUT2D eigenvalue weighted by Gasteiger charge is 2.34. The molecule has 0 spiro atoms. The van der Waals surface area contributed by atoms with E-state index in [1.165, 1.54) is 6.07 Å². The number of hydrogen-bond donors (Lipinski definition) is 1. The van der Waals surface area contributed by atoms with E-state index in [4.69, 9.17) is 5.11 Å². The van der Waals surface area contributed by atoms with Gasteiger partial charge in [0.25, 0.3) is 5.91 Å². The third kappa shape index (κ3) is 4.06. The number of aliphatic hydroxyl groups is 1. The predicted octanol–water partition coefficient (Wildman–Crippen LogP) is 0.980. The molecule has 1 heterocycles. The van der Waals surface area contributed by atoms with E-state index in [0.29, 0.717) is 10.6 Å². The van der Waals surface area contributed by atoms with Crippen LogP contribution in [0.3, 0.4) is 0 Å². The fraction of sp³-hybridized carbons (Fsp3) is 0.556. The number of aryl methyl sites for hydroxylation is 1. The summed E-state index contributed by atoms with van der Waals surface area (Å²) in [5.74, 6) is -1.22. The molecule has 1 rings (SSSR count). The molecule has 0 fully saturated rings. The molecule has 8 heteroatoms. The maximum Gasteiger partial charge on any atom is 0.406 e. The second-order valence-electron chi connectivity index (χ2n) is 3.40. The van der Waals surface area contributed by atoms with Gasteiger partial charge in [0, 0.05) is 12.6 Å². The molecule has 0 saturated heterocycles. The largest absolute Gasteiger partial charge is 0.406 e. The molecule has 0 aliphatic rings. The van der Waals surface area contributed by atoms with Gasteiger partial charge in [-0.3, -0.25) is 4.79 Å². The van der Waals surface area contributed by atoms with Gasteiger partial charge in [-0.2, -0.15) is 13.2 Å². The smallest absolute Gasteiger partial charge is 0.395 e. The number of amides is 1. The van der Waals surface area contributed by atoms with Crippen LogP contribution < -0.4 is 0 Å². The zero-order chi connectivity index (χ0) is 13.1. The van der Waals surface area contributed by atoms with Gasteiger partial charge in [0.2, 0.25) is 5.76 Å². The van der Waals surface area contributed by atoms with E-state index in [0.717, 1.165) is 0 Å². The summed E-state index contributed by atoms with van der Waals surface area (Å²) in [5, 5.41) is 12.0. The summed E-state index contributed by atoms with van der Waals surface area (Å²) in [7, 11) is 0. The number of carbonyl (C=O) groups excluding carboxylic acids is 1. The third-order valence-electron chi connectivity index (χ3n) is 1.87. The molecule has 0 aliphatic heterocycles. The van der Waals surface area contributed by atoms with Crippen molar-refractivity contribution in [2.24, 2.45) is 0 Å². The summed E-state index contributed by atoms with van der Waals surface area (Å²) in [6, 6.07) is 1.24. The van der Waals surface area contributed by atoms with Crippen LogP contribution in [-0.4, -0.2) is 46.9 Å². The third-order valence-corrected chi connectivity index (χ3v) is 1.87. The van der Waals surface area contributed by atoms with Gasteiger partial charge in [-0.15, -0.1) is 0 Å². The lowest BCUT2D eigenvalue weighted by molar-refractivity contribution is -0.141. The maximum atomic E-state index is 12.2. The van der Waals surface area contributed by atoms with Crippen LogP contribution in [0.2, 0.25) is 0 Å². The summed E-state index contributed by atoms with van der Waals surface area (Å²) < 4.78 is 41.1. The summed E-state index contributed by atoms with van der Waals surface area (Å²) in [6.07, 6.45) is -4.53. The van der Waals surface area contributed by atoms with Crippen molar-refractivity contribution in [2.45, 2.75) is 13.1 Å². The Bertz CT molecular complexity index is 389. The first kappa shape index (κ1) is 13.5. The molecule has 1 amide bonds. The van der Waals surface area contributed by atoms with Crippen LogP contribution in [0.4, 0.5) is 13.2 Å². The Kier molecular flexibility index (Phi) is 4.11. The van der Waals surface area contributed by atoms with E-state index in [-0.39, 0.29) is 5.76 Å². The Morgan fingerprint density at radius 3 is 2.65 bits per heavy atom. The second kappa shape index (κ2) is 5.17. The van der Waals surface area contributed by atoms with Crippen LogP contribution in [0.5, 0.6) is 0 Å². The molecular weight excluding hydrogens is 241 g/mol. The molecule has 0 aliphatic carbocycles. The van der Waals surface area contributed by atoms with Crippen molar-refractivity contribution in [3.05, 3.63) is 17.5 Å². The van der Waals surface area contributed by atoms with Crippen LogP contribution in [0, 0.1) is 6.92 Å². The monoisotopic (exact) mass is 252 g/mol. The Hall–Kier alpha value is -1.57. The van der Waals surface area contributed by atoms with Gasteiger partial charge in [0.1, 0.15) is 6.54 Å². The van der Waals surface area contributed by atoms with Gasteiger partial charge in [0.05, 0.1) is 12.3 Å². The quantitative estimate of drug-likeness (QED) is 0.867. The van der Waals surface area contributed by atoms with Crippen molar-refractivity contribution in [1.29, 1.82) is 0 Å². The van der Waals surface area contributed by atoms with Crippen molar-refractivity contribution in [3.63, 3.8) is 0 Å². The van der Waals surface area contributed by atoms with Crippen LogP contribution >= 0.6 is 0 Å². The molecule has 0 bridgehead atoms. The molecule has 0 atom stereocenters. The molecule has 5 nitrogen and oxygen atoms in total. The number of aliphatic hydroxyl groups excluding tert-OH is 1. The van der Waals surface area contributed by atoms with Gasteiger partial charge in [-0.25, -0.2) is 0 Å². The Morgan fingerprint density at radius 1 is 1.59 bits per heavy atom. The number of carbonyl (C=O) groups is 1. The number of halogens is 3. The molecule has 96 valence electrons. The molecular formula is C9H11F3N2O3. The summed E-state index contributed by atoms with van der Waals surface area (Å²) in [5.41, 5.74) is 0.393. The van der Waals surface area contributed by atoms with E-state index in [1.54, 1.807) is 6.92 Å². The van der Waals surface area contributed by atoms with Crippen LogP contribution in [0.1, 0.15) is 16.2 Å². The van der Waals surface area contributed by atoms with Gasteiger partial charge in [0.15, 0.2) is 0 Å². The highest BCUT2D eigenvalue weighted by molar-refractivity contribution is 5.91. The second-order valence-corrected chi connectivity index (χ2v) is 3.40. The first-order valence-corrected chi connectivity index (χ1v) is 4.73. The van der Waals surface area contributed by atoms with Crippen molar-refractivity contribution in [2.75, 3.05) is 19.7 Å². The van der Waals surface area contributed by atoms with Crippen LogP contribution in [0.15, 0.2) is 10.6 Å². The minimum atomic E-state index is -4.53. The molecule has 0 radical (unpaired) electrons. The first-order valence-electron chi connectivity index (χ1n) is 4.73. The average Bonchev–Trinajstić information content (AvgIpc) is 2.61. The number of rotatable bonds is 4. The lowest BCUT2D eigenvalue weighted by Gasteiger charge is -2.21. The number of alkyl halides is 3. The normalized spacial score (nSPS) is 11.6. The average molecular weight is 252 g/mol. The number of aromatic nitrogens is 1. The molecule has 1 N–H and O–H groups in total. The fourth-order valence-corrected chi connectivity index (χ4v) is 1.21. The van der Waals surface area contributed by atoms with E-state index in [9.17, 15) is 18.0 Å². The molecule has 1 aromatic rings. The Morgan fingerprint density at radius 2 is 2.24 bits per heavy atom. The summed E-state index contributed by atoms with van der Waals surface area (Å²) in [6.45, 7) is -0.875. The van der Waals surface area contributed by atoms with E-state index in [1.807, 2.05) is 0 Å². The van der Waals surface area contributed by atoms with Gasteiger partial charge < -0.3 is 14.5 Å². The van der Waals surface area contributed by atoms with Gasteiger partial charge >= 0.3 is 6.18 Å². The molecule has 0 unspecified atom stereocenters. The zero-order valence-corrected chi connectivity index (χ0v) is 8.99. The topological polar surface area (TPSA) is 66.6 Å². The first-order chi connectivity index (χ1) is 7.83. The highest BCUT2D eigenvalue weighted by Crippen LogP contribution is 2.18. The minimum Gasteiger partial charge on any atom is -0.395 e. The molecule has 17 heavy (non-hydrogen) atoms. The van der Waals surface area contributed by atoms with E-state index in [2.05, 4.69) is 9.68 Å². The van der Waals surface area contributed by atoms with E-state index >= 15 is 0 Å². The highest BCUT2D eigenvalue weighted by atomic mass is 19.4. The summed E-state index contributed by atoms with van der Waals surface area (Å²) >= 11 is 0. The van der Waals surface area contributed by atoms with Crippen molar-refractivity contribution >= 4 is 5.91 Å². The lowest BCUT2D eigenvalue weighted by Crippen LogP contribution is -2.40. The van der Waals surface area contributed by atoms with Crippen molar-refractivity contribution in [1.82, 2.24) is 10.1 Å². The van der Waals surface area contributed by atoms with Crippen LogP contribution in [0.25, 0.3) is 0 Å². The van der Waals surface area contributed by atoms with Gasteiger partial charge in [-0.05, 0) is 6.92 Å². The standard InChI is InChI=1S/C9H11F3N2O3/c1-6-4-7(17-13-6)8(16)14(2-3-15)5-9(10,11)12/h4,15H,2-3,5H2,1H3. The molecule has 1 aromatic heterocycles. The Balaban J connectivity index is 2.80. The van der Waals surface area contributed by atoms with Crippen molar-refractivity contribution < 1.29 is 27.6 Å². The lowest BCUT2D eigenvalue weighted by atomic mass is 10.3. The van der Waals surface area contributed by atoms with Crippen molar-refractivity contribution in [3.8, 4) is 0 Å². The maximum absolute atomic E-state index is 12.2. The van der Waals surface area contributed by atoms with Crippen LogP contribution in [-0.2, 0) is 0 Å². The Labute approximate surface area is 94.8 Å². The summed E-state index contributed by atoms with van der Waals surface area (Å²) in [4.78, 5) is 12.1.